The molecule has 2 aromatic rings. The molecule has 208 valence electrons. The quantitative estimate of drug-likeness (QED) is 0.401. The highest BCUT2D eigenvalue weighted by atomic mass is 32.1. The second-order valence-corrected chi connectivity index (χ2v) is 10.9. The summed E-state index contributed by atoms with van der Waals surface area (Å²) >= 11 is 1.43. The van der Waals surface area contributed by atoms with Crippen molar-refractivity contribution >= 4 is 40.9 Å². The number of carbonyl (C=O) groups is 4. The minimum absolute atomic E-state index is 0.0766. The summed E-state index contributed by atoms with van der Waals surface area (Å²) in [7, 11) is 1.60. The van der Waals surface area contributed by atoms with Crippen LogP contribution in [0.1, 0.15) is 31.5 Å². The van der Waals surface area contributed by atoms with Crippen molar-refractivity contribution in [1.82, 2.24) is 25.5 Å². The number of hydrogen-bond acceptors (Lipinski definition) is 8. The fraction of sp³-hybridized carbons (Fsp3) is 0.462. The number of fused-ring (bicyclic) bond motifs is 1. The Hall–Kier alpha value is -3.84. The first-order chi connectivity index (χ1) is 18.5. The van der Waals surface area contributed by atoms with Crippen LogP contribution in [0.2, 0.25) is 0 Å². The number of nitrogens with zero attached hydrogens (tertiary/aromatic N) is 4. The molecule has 13 heteroatoms. The number of amides is 4. The zero-order valence-corrected chi connectivity index (χ0v) is 22.9. The van der Waals surface area contributed by atoms with Crippen LogP contribution in [0.3, 0.4) is 0 Å². The third-order valence-corrected chi connectivity index (χ3v) is 7.51. The first-order valence-corrected chi connectivity index (χ1v) is 13.4. The van der Waals surface area contributed by atoms with E-state index < -0.39 is 34.9 Å². The SMILES string of the molecule is CN1N=C2CCN(C(=O)[C@@H](COCc3ccccc3)NC(=O)C(C)(C)NC(=O)O)CC2(Cc2cscn2)C1=O. The normalized spacial score (nSPS) is 19.8. The van der Waals surface area contributed by atoms with Crippen LogP contribution < -0.4 is 10.6 Å². The van der Waals surface area contributed by atoms with Gasteiger partial charge in [-0.25, -0.2) is 14.8 Å². The maximum absolute atomic E-state index is 13.9. The molecule has 4 rings (SSSR count). The summed E-state index contributed by atoms with van der Waals surface area (Å²) in [5.74, 6) is -1.32. The van der Waals surface area contributed by atoms with Gasteiger partial charge < -0.3 is 25.4 Å². The van der Waals surface area contributed by atoms with Crippen molar-refractivity contribution in [2.75, 3.05) is 26.7 Å². The van der Waals surface area contributed by atoms with Gasteiger partial charge in [-0.2, -0.15) is 5.10 Å². The van der Waals surface area contributed by atoms with E-state index in [1.54, 1.807) is 17.5 Å². The number of ether oxygens (including phenoxy) is 1. The van der Waals surface area contributed by atoms with Crippen LogP contribution in [0.25, 0.3) is 0 Å². The maximum Gasteiger partial charge on any atom is 0.405 e. The van der Waals surface area contributed by atoms with Crippen LogP contribution in [0, 0.1) is 5.41 Å². The number of hydrogen-bond donors (Lipinski definition) is 3. The molecule has 0 bridgehead atoms. The number of piperidine rings is 1. The van der Waals surface area contributed by atoms with Gasteiger partial charge in [0.05, 0.1) is 30.1 Å². The molecule has 3 heterocycles. The number of aromatic nitrogens is 1. The predicted octanol–water partition coefficient (Wildman–Crippen LogP) is 1.48. The average Bonchev–Trinajstić information content (AvgIpc) is 3.48. The van der Waals surface area contributed by atoms with Crippen molar-refractivity contribution in [2.24, 2.45) is 10.5 Å². The van der Waals surface area contributed by atoms with E-state index in [2.05, 4.69) is 20.7 Å². The molecule has 0 radical (unpaired) electrons. The van der Waals surface area contributed by atoms with Crippen LogP contribution in [-0.2, 0) is 32.1 Å². The van der Waals surface area contributed by atoms with Crippen molar-refractivity contribution in [1.29, 1.82) is 0 Å². The summed E-state index contributed by atoms with van der Waals surface area (Å²) in [4.78, 5) is 57.4. The Morgan fingerprint density at radius 1 is 1.26 bits per heavy atom. The van der Waals surface area contributed by atoms with Crippen LogP contribution in [0.4, 0.5) is 4.79 Å². The summed E-state index contributed by atoms with van der Waals surface area (Å²) in [6, 6.07) is 8.27. The molecular weight excluding hydrogens is 524 g/mol. The Kier molecular flexibility index (Phi) is 8.31. The first-order valence-electron chi connectivity index (χ1n) is 12.5. The fourth-order valence-corrected chi connectivity index (χ4v) is 5.39. The van der Waals surface area contributed by atoms with Crippen molar-refractivity contribution in [3.8, 4) is 0 Å². The Morgan fingerprint density at radius 3 is 2.67 bits per heavy atom. The van der Waals surface area contributed by atoms with Crippen LogP contribution in [-0.4, -0.2) is 87.9 Å². The highest BCUT2D eigenvalue weighted by Crippen LogP contribution is 2.38. The molecule has 1 fully saturated rings. The van der Waals surface area contributed by atoms with Crippen molar-refractivity contribution in [3.05, 3.63) is 52.5 Å². The van der Waals surface area contributed by atoms with Gasteiger partial charge >= 0.3 is 6.09 Å². The number of rotatable bonds is 10. The largest absolute Gasteiger partial charge is 0.465 e. The second-order valence-electron chi connectivity index (χ2n) is 10.2. The smallest absolute Gasteiger partial charge is 0.405 e. The summed E-state index contributed by atoms with van der Waals surface area (Å²) < 4.78 is 5.82. The molecule has 1 aromatic carbocycles. The number of likely N-dealkylation sites (tertiary alicyclic amines) is 1. The van der Waals surface area contributed by atoms with E-state index in [1.165, 1.54) is 30.2 Å². The topological polar surface area (TPSA) is 154 Å². The molecule has 3 N–H and O–H groups in total. The lowest BCUT2D eigenvalue weighted by Crippen LogP contribution is -2.62. The minimum Gasteiger partial charge on any atom is -0.465 e. The zero-order chi connectivity index (χ0) is 28.2. The van der Waals surface area contributed by atoms with E-state index in [0.29, 0.717) is 25.1 Å². The van der Waals surface area contributed by atoms with Crippen LogP contribution in [0.5, 0.6) is 0 Å². The van der Waals surface area contributed by atoms with Crippen molar-refractivity contribution in [3.63, 3.8) is 0 Å². The lowest BCUT2D eigenvalue weighted by molar-refractivity contribution is -0.144. The molecule has 2 aliphatic rings. The number of thiazole rings is 1. The zero-order valence-electron chi connectivity index (χ0n) is 22.0. The molecule has 0 saturated carbocycles. The lowest BCUT2D eigenvalue weighted by atomic mass is 9.74. The summed E-state index contributed by atoms with van der Waals surface area (Å²) in [5.41, 5.74) is 1.49. The lowest BCUT2D eigenvalue weighted by Gasteiger charge is -2.40. The van der Waals surface area contributed by atoms with Gasteiger partial charge in [0.15, 0.2) is 0 Å². The third kappa shape index (κ3) is 6.25. The third-order valence-electron chi connectivity index (χ3n) is 6.87. The molecule has 2 atom stereocenters. The van der Waals surface area contributed by atoms with E-state index in [4.69, 9.17) is 9.84 Å². The summed E-state index contributed by atoms with van der Waals surface area (Å²) in [6.07, 6.45) is -0.669. The molecule has 12 nitrogen and oxygen atoms in total. The van der Waals surface area contributed by atoms with Crippen LogP contribution in [0.15, 0.2) is 46.3 Å². The van der Waals surface area contributed by atoms with Gasteiger partial charge in [-0.1, -0.05) is 30.3 Å². The standard InChI is InChI=1S/C26H32N6O6S/c1-25(2,29-24(36)37)22(34)28-19(13-38-12-17-7-5-4-6-8-17)21(33)32-10-9-20-26(15-32,23(35)31(3)30-20)11-18-14-39-16-27-18/h4-8,14,16,19,29H,9-13,15H2,1-3H3,(H,28,34)(H,36,37)/t19-,26?/m1/s1. The molecule has 1 unspecified atom stereocenters. The van der Waals surface area contributed by atoms with Gasteiger partial charge in [-0.15, -0.1) is 11.3 Å². The highest BCUT2D eigenvalue weighted by molar-refractivity contribution is 7.07. The number of hydrazone groups is 1. The number of benzene rings is 1. The minimum atomic E-state index is -1.50. The van der Waals surface area contributed by atoms with Gasteiger partial charge in [0, 0.05) is 38.4 Å². The van der Waals surface area contributed by atoms with E-state index in [0.717, 1.165) is 11.3 Å². The highest BCUT2D eigenvalue weighted by Gasteiger charge is 2.54. The van der Waals surface area contributed by atoms with E-state index in [1.807, 2.05) is 35.7 Å². The molecule has 1 saturated heterocycles. The second kappa shape index (κ2) is 11.5. The number of nitrogens with one attached hydrogen (secondary N) is 2. The molecular formula is C26H32N6O6S. The number of carbonyl (C=O) groups excluding carboxylic acids is 3. The molecule has 4 amide bonds. The Morgan fingerprint density at radius 2 is 2.00 bits per heavy atom. The van der Waals surface area contributed by atoms with Crippen molar-refractivity contribution in [2.45, 2.75) is 44.9 Å². The monoisotopic (exact) mass is 556 g/mol. The molecule has 1 aromatic heterocycles. The van der Waals surface area contributed by atoms with Crippen LogP contribution >= 0.6 is 11.3 Å². The fourth-order valence-electron chi connectivity index (χ4n) is 4.83. The summed E-state index contributed by atoms with van der Waals surface area (Å²) in [5, 5.41) is 21.6. The van der Waals surface area contributed by atoms with E-state index in [9.17, 15) is 19.2 Å². The average molecular weight is 557 g/mol. The maximum atomic E-state index is 13.9. The number of carboxylic acid groups (broad SMARTS) is 1. The van der Waals surface area contributed by atoms with E-state index in [-0.39, 0.29) is 25.7 Å². The molecule has 2 aliphatic heterocycles. The van der Waals surface area contributed by atoms with Crippen molar-refractivity contribution < 1.29 is 29.0 Å². The molecule has 0 aliphatic carbocycles. The Bertz CT molecular complexity index is 1250. The molecule has 0 spiro atoms. The first kappa shape index (κ1) is 28.2. The van der Waals surface area contributed by atoms with Gasteiger partial charge in [0.2, 0.25) is 11.8 Å². The van der Waals surface area contributed by atoms with Gasteiger partial charge in [-0.05, 0) is 19.4 Å². The van der Waals surface area contributed by atoms with Gasteiger partial charge in [-0.3, -0.25) is 14.4 Å². The Labute approximate surface area is 230 Å². The van der Waals surface area contributed by atoms with Gasteiger partial charge in [0.1, 0.15) is 17.0 Å². The summed E-state index contributed by atoms with van der Waals surface area (Å²) in [6.45, 7) is 3.26. The Balaban J connectivity index is 1.55. The van der Waals surface area contributed by atoms with E-state index >= 15 is 0 Å². The molecule has 39 heavy (non-hydrogen) atoms. The van der Waals surface area contributed by atoms with Gasteiger partial charge in [0.25, 0.3) is 5.91 Å². The predicted molar refractivity (Wildman–Crippen MR) is 143 cm³/mol.